The van der Waals surface area contributed by atoms with E-state index in [1.165, 1.54) is 15.1 Å². The fourth-order valence-electron chi connectivity index (χ4n) is 4.64. The lowest BCUT2D eigenvalue weighted by Gasteiger charge is -2.31. The Labute approximate surface area is 197 Å². The summed E-state index contributed by atoms with van der Waals surface area (Å²) in [7, 11) is 1.68. The molecule has 6 rings (SSSR count). The minimum Gasteiger partial charge on any atom is -0.494 e. The number of carbonyl (C=O) groups excluding carboxylic acids is 1. The number of thioether (sulfide) groups is 1. The third-order valence-corrected chi connectivity index (χ3v) is 9.33. The summed E-state index contributed by atoms with van der Waals surface area (Å²) in [5.74, 6) is 4.10. The third kappa shape index (κ3) is 3.45. The number of rotatable bonds is 4. The van der Waals surface area contributed by atoms with Crippen molar-refractivity contribution in [1.82, 2.24) is 19.2 Å². The molecular weight excluding hydrogens is 462 g/mol. The average Bonchev–Trinajstić information content (AvgIpc) is 3.20. The number of carbonyl (C=O) groups is 1. The molecule has 1 aliphatic heterocycles. The number of amides is 1. The molecule has 0 bridgehead atoms. The first-order valence-electron chi connectivity index (χ1n) is 10.7. The second-order valence-corrected chi connectivity index (χ2v) is 11.3. The van der Waals surface area contributed by atoms with Crippen LogP contribution >= 0.6 is 34.6 Å². The number of aromatic amines is 1. The highest BCUT2D eigenvalue weighted by atomic mass is 32.2. The fourth-order valence-corrected chi connectivity index (χ4v) is 7.44. The SMILES string of the molecule is COc1cc2[nH]sc2cc1Nc1ncnc2sc3c(c12)CC[C@H](C(=O)N1CCSCC1)C3. The van der Waals surface area contributed by atoms with Gasteiger partial charge in [0.05, 0.1) is 28.4 Å². The van der Waals surface area contributed by atoms with E-state index in [-0.39, 0.29) is 5.92 Å². The Morgan fingerprint density at radius 2 is 2.16 bits per heavy atom. The number of methoxy groups -OCH3 is 1. The topological polar surface area (TPSA) is 83.1 Å². The molecule has 0 spiro atoms. The second-order valence-electron chi connectivity index (χ2n) is 8.16. The van der Waals surface area contributed by atoms with E-state index in [0.29, 0.717) is 5.91 Å². The summed E-state index contributed by atoms with van der Waals surface area (Å²) in [4.78, 5) is 26.6. The van der Waals surface area contributed by atoms with Gasteiger partial charge in [0, 0.05) is 41.5 Å². The molecule has 0 radical (unpaired) electrons. The molecule has 4 aromatic rings. The van der Waals surface area contributed by atoms with Gasteiger partial charge in [0.15, 0.2) is 0 Å². The fraction of sp³-hybridized carbons (Fsp3) is 0.409. The maximum atomic E-state index is 13.1. The van der Waals surface area contributed by atoms with E-state index >= 15 is 0 Å². The lowest BCUT2D eigenvalue weighted by molar-refractivity contribution is -0.135. The van der Waals surface area contributed by atoms with Crippen LogP contribution in [0, 0.1) is 5.92 Å². The molecule has 1 atom stereocenters. The molecule has 1 aromatic carbocycles. The summed E-state index contributed by atoms with van der Waals surface area (Å²) < 4.78 is 9.99. The Hall–Kier alpha value is -2.30. The van der Waals surface area contributed by atoms with Gasteiger partial charge >= 0.3 is 0 Å². The van der Waals surface area contributed by atoms with Crippen LogP contribution in [0.15, 0.2) is 18.5 Å². The first kappa shape index (κ1) is 20.3. The summed E-state index contributed by atoms with van der Waals surface area (Å²) in [5, 5.41) is 4.59. The van der Waals surface area contributed by atoms with Crippen molar-refractivity contribution in [2.45, 2.75) is 19.3 Å². The van der Waals surface area contributed by atoms with Crippen LogP contribution < -0.4 is 10.1 Å². The summed E-state index contributed by atoms with van der Waals surface area (Å²) in [6.45, 7) is 1.77. The predicted molar refractivity (Wildman–Crippen MR) is 133 cm³/mol. The van der Waals surface area contributed by atoms with Crippen LogP contribution in [0.25, 0.3) is 20.4 Å². The van der Waals surface area contributed by atoms with Crippen molar-refractivity contribution >= 4 is 72.5 Å². The molecular formula is C22H23N5O2S3. The van der Waals surface area contributed by atoms with Gasteiger partial charge in [-0.3, -0.25) is 4.79 Å². The van der Waals surface area contributed by atoms with Gasteiger partial charge < -0.3 is 19.3 Å². The zero-order valence-electron chi connectivity index (χ0n) is 17.6. The summed E-state index contributed by atoms with van der Waals surface area (Å²) in [5.41, 5.74) is 3.28. The largest absolute Gasteiger partial charge is 0.494 e. The molecule has 2 N–H and O–H groups in total. The van der Waals surface area contributed by atoms with Gasteiger partial charge in [-0.2, -0.15) is 11.8 Å². The molecule has 2 aliphatic rings. The molecule has 7 nitrogen and oxygen atoms in total. The maximum Gasteiger partial charge on any atom is 0.226 e. The molecule has 32 heavy (non-hydrogen) atoms. The van der Waals surface area contributed by atoms with E-state index in [1.54, 1.807) is 36.3 Å². The monoisotopic (exact) mass is 485 g/mol. The van der Waals surface area contributed by atoms with Gasteiger partial charge in [0.25, 0.3) is 0 Å². The smallest absolute Gasteiger partial charge is 0.226 e. The number of aromatic nitrogens is 3. The van der Waals surface area contributed by atoms with E-state index in [4.69, 9.17) is 4.74 Å². The molecule has 0 unspecified atom stereocenters. The lowest BCUT2D eigenvalue weighted by atomic mass is 9.87. The Kier molecular flexibility index (Phi) is 5.23. The van der Waals surface area contributed by atoms with Crippen LogP contribution in [-0.2, 0) is 17.6 Å². The highest BCUT2D eigenvalue weighted by Gasteiger charge is 2.32. The molecule has 1 amide bonds. The molecule has 1 fully saturated rings. The van der Waals surface area contributed by atoms with Crippen molar-refractivity contribution in [2.75, 3.05) is 37.0 Å². The number of nitrogens with one attached hydrogen (secondary N) is 2. The van der Waals surface area contributed by atoms with Crippen LogP contribution in [0.2, 0.25) is 0 Å². The van der Waals surface area contributed by atoms with Gasteiger partial charge in [-0.1, -0.05) is 11.5 Å². The normalized spacial score (nSPS) is 18.8. The zero-order valence-corrected chi connectivity index (χ0v) is 20.1. The molecule has 1 aliphatic carbocycles. The van der Waals surface area contributed by atoms with Gasteiger partial charge in [-0.15, -0.1) is 11.3 Å². The van der Waals surface area contributed by atoms with Crippen molar-refractivity contribution < 1.29 is 9.53 Å². The molecule has 4 heterocycles. The summed E-state index contributed by atoms with van der Waals surface area (Å²) in [6.07, 6.45) is 4.20. The van der Waals surface area contributed by atoms with Crippen molar-refractivity contribution in [2.24, 2.45) is 5.92 Å². The summed E-state index contributed by atoms with van der Waals surface area (Å²) in [6, 6.07) is 4.10. The maximum absolute atomic E-state index is 13.1. The first-order valence-corrected chi connectivity index (χ1v) is 13.5. The van der Waals surface area contributed by atoms with E-state index in [1.807, 2.05) is 17.8 Å². The number of hydrogen-bond donors (Lipinski definition) is 2. The molecule has 0 saturated carbocycles. The number of benzene rings is 1. The van der Waals surface area contributed by atoms with Gasteiger partial charge in [-0.25, -0.2) is 9.97 Å². The highest BCUT2D eigenvalue weighted by molar-refractivity contribution is 7.99. The van der Waals surface area contributed by atoms with Crippen LogP contribution in [0.5, 0.6) is 5.75 Å². The Morgan fingerprint density at radius 1 is 1.28 bits per heavy atom. The van der Waals surface area contributed by atoms with E-state index in [0.717, 1.165) is 76.8 Å². The molecule has 10 heteroatoms. The molecule has 1 saturated heterocycles. The van der Waals surface area contributed by atoms with Crippen molar-refractivity contribution in [3.8, 4) is 5.75 Å². The number of ether oxygens (including phenoxy) is 1. The van der Waals surface area contributed by atoms with Crippen LogP contribution in [-0.4, -0.2) is 56.9 Å². The van der Waals surface area contributed by atoms with Crippen molar-refractivity contribution in [3.05, 3.63) is 28.9 Å². The minimum atomic E-state index is 0.0839. The Bertz CT molecular complexity index is 1300. The van der Waals surface area contributed by atoms with Crippen LogP contribution in [0.3, 0.4) is 0 Å². The van der Waals surface area contributed by atoms with E-state index in [2.05, 4.69) is 30.6 Å². The molecule has 3 aromatic heterocycles. The number of nitrogens with zero attached hydrogens (tertiary/aromatic N) is 3. The number of H-pyrrole nitrogens is 1. The predicted octanol–water partition coefficient (Wildman–Crippen LogP) is 4.67. The van der Waals surface area contributed by atoms with E-state index in [9.17, 15) is 4.79 Å². The second kappa shape index (κ2) is 8.24. The number of hydrogen-bond acceptors (Lipinski definition) is 8. The van der Waals surface area contributed by atoms with Crippen molar-refractivity contribution in [1.29, 1.82) is 0 Å². The Morgan fingerprint density at radius 3 is 2.94 bits per heavy atom. The van der Waals surface area contributed by atoms with Gasteiger partial charge in [-0.05, 0) is 30.9 Å². The number of fused-ring (bicyclic) bond motifs is 4. The van der Waals surface area contributed by atoms with Crippen molar-refractivity contribution in [3.63, 3.8) is 0 Å². The minimum absolute atomic E-state index is 0.0839. The average molecular weight is 486 g/mol. The standard InChI is InChI=1S/C22H23N5O2S3/c1-29-16-9-15-18(32-26-15)10-14(16)25-20-19-13-3-2-12(22(28)27-4-6-30-7-5-27)8-17(13)31-21(19)24-11-23-20/h9-12,26H,2-8H2,1H3,(H,23,24,25)/t12-/m0/s1. The summed E-state index contributed by atoms with van der Waals surface area (Å²) >= 11 is 5.25. The van der Waals surface area contributed by atoms with Gasteiger partial charge in [0.1, 0.15) is 22.7 Å². The number of thiophene rings is 1. The highest BCUT2D eigenvalue weighted by Crippen LogP contribution is 2.42. The van der Waals surface area contributed by atoms with Crippen LogP contribution in [0.4, 0.5) is 11.5 Å². The number of anilines is 2. The Balaban J connectivity index is 1.31. The lowest BCUT2D eigenvalue weighted by Crippen LogP contribution is -2.42. The van der Waals surface area contributed by atoms with Crippen LogP contribution in [0.1, 0.15) is 16.9 Å². The molecule has 166 valence electrons. The quantitative estimate of drug-likeness (QED) is 0.437. The van der Waals surface area contributed by atoms with E-state index < -0.39 is 0 Å². The number of aryl methyl sites for hydroxylation is 1. The first-order chi connectivity index (χ1) is 15.7. The zero-order chi connectivity index (χ0) is 21.7. The third-order valence-electron chi connectivity index (χ3n) is 6.34. The van der Waals surface area contributed by atoms with Gasteiger partial charge in [0.2, 0.25) is 5.91 Å².